The molecule has 20 heavy (non-hydrogen) atoms. The third kappa shape index (κ3) is 2.86. The Morgan fingerprint density at radius 1 is 1.15 bits per heavy atom. The second-order valence-corrected chi connectivity index (χ2v) is 4.96. The quantitative estimate of drug-likeness (QED) is 0.892. The lowest BCUT2D eigenvalue weighted by Gasteiger charge is -2.10. The van der Waals surface area contributed by atoms with Crippen molar-refractivity contribution in [3.05, 3.63) is 54.4 Å². The Bertz CT molecular complexity index is 574. The maximum absolute atomic E-state index is 12.0. The molecule has 0 radical (unpaired) electrons. The highest BCUT2D eigenvalue weighted by atomic mass is 16.1. The number of hydrogen-bond donors (Lipinski definition) is 2. The molecule has 2 N–H and O–H groups in total. The van der Waals surface area contributed by atoms with Crippen molar-refractivity contribution in [1.82, 2.24) is 15.6 Å². The summed E-state index contributed by atoms with van der Waals surface area (Å²) < 4.78 is 0. The van der Waals surface area contributed by atoms with Gasteiger partial charge in [0.05, 0.1) is 0 Å². The second-order valence-electron chi connectivity index (χ2n) is 4.96. The van der Waals surface area contributed by atoms with Crippen LogP contribution in [-0.2, 0) is 0 Å². The summed E-state index contributed by atoms with van der Waals surface area (Å²) in [5, 5.41) is 6.22. The molecule has 1 unspecified atom stereocenters. The van der Waals surface area contributed by atoms with E-state index >= 15 is 0 Å². The van der Waals surface area contributed by atoms with Gasteiger partial charge in [0.15, 0.2) is 0 Å². The number of pyridine rings is 1. The lowest BCUT2D eigenvalue weighted by atomic mass is 10.1. The fraction of sp³-hybridized carbons (Fsp3) is 0.250. The molecule has 2 heterocycles. The number of hydrogen-bond acceptors (Lipinski definition) is 3. The van der Waals surface area contributed by atoms with Crippen molar-refractivity contribution in [2.75, 3.05) is 13.1 Å². The van der Waals surface area contributed by atoms with Crippen LogP contribution in [0.1, 0.15) is 16.9 Å². The fourth-order valence-corrected chi connectivity index (χ4v) is 2.37. The summed E-state index contributed by atoms with van der Waals surface area (Å²) in [4.78, 5) is 16.3. The molecule has 1 aromatic carbocycles. The molecule has 0 saturated carbocycles. The minimum atomic E-state index is -0.0988. The van der Waals surface area contributed by atoms with Crippen LogP contribution in [0.5, 0.6) is 0 Å². The maximum atomic E-state index is 12.0. The SMILES string of the molecule is O=C(NC1CCNC1)c1ccc(-c2ccccc2)cn1. The van der Waals surface area contributed by atoms with E-state index in [2.05, 4.69) is 15.6 Å². The molecule has 1 saturated heterocycles. The van der Waals surface area contributed by atoms with E-state index in [0.717, 1.165) is 30.6 Å². The first-order valence-corrected chi connectivity index (χ1v) is 6.86. The highest BCUT2D eigenvalue weighted by Crippen LogP contribution is 2.17. The summed E-state index contributed by atoms with van der Waals surface area (Å²) in [5.41, 5.74) is 2.59. The van der Waals surface area contributed by atoms with Crippen LogP contribution in [0.4, 0.5) is 0 Å². The molecule has 4 nitrogen and oxygen atoms in total. The van der Waals surface area contributed by atoms with E-state index in [1.807, 2.05) is 36.4 Å². The summed E-state index contributed by atoms with van der Waals surface area (Å²) in [6.07, 6.45) is 2.73. The van der Waals surface area contributed by atoms with Crippen molar-refractivity contribution in [2.24, 2.45) is 0 Å². The monoisotopic (exact) mass is 267 g/mol. The molecule has 2 aromatic rings. The molecule has 1 aliphatic heterocycles. The molecule has 102 valence electrons. The van der Waals surface area contributed by atoms with Crippen molar-refractivity contribution in [3.63, 3.8) is 0 Å². The number of carbonyl (C=O) groups is 1. The number of nitrogens with zero attached hydrogens (tertiary/aromatic N) is 1. The number of carbonyl (C=O) groups excluding carboxylic acids is 1. The van der Waals surface area contributed by atoms with Crippen molar-refractivity contribution in [1.29, 1.82) is 0 Å². The van der Waals surface area contributed by atoms with Crippen LogP contribution in [0.3, 0.4) is 0 Å². The van der Waals surface area contributed by atoms with Gasteiger partial charge in [-0.1, -0.05) is 36.4 Å². The molecule has 0 aliphatic carbocycles. The standard InChI is InChI=1S/C16H17N3O/c20-16(19-14-8-9-17-11-14)15-7-6-13(10-18-15)12-4-2-1-3-5-12/h1-7,10,14,17H,8-9,11H2,(H,19,20). The minimum Gasteiger partial charge on any atom is -0.347 e. The number of nitrogens with one attached hydrogen (secondary N) is 2. The average molecular weight is 267 g/mol. The molecular formula is C16H17N3O. The summed E-state index contributed by atoms with van der Waals surface area (Å²) in [6, 6.07) is 13.9. The van der Waals surface area contributed by atoms with E-state index in [0.29, 0.717) is 5.69 Å². The van der Waals surface area contributed by atoms with Crippen molar-refractivity contribution in [3.8, 4) is 11.1 Å². The lowest BCUT2D eigenvalue weighted by Crippen LogP contribution is -2.36. The number of amides is 1. The van der Waals surface area contributed by atoms with Gasteiger partial charge in [0, 0.05) is 24.3 Å². The number of aromatic nitrogens is 1. The van der Waals surface area contributed by atoms with Gasteiger partial charge in [0.2, 0.25) is 0 Å². The molecule has 0 spiro atoms. The molecule has 3 rings (SSSR count). The predicted octanol–water partition coefficient (Wildman–Crippen LogP) is 1.84. The average Bonchev–Trinajstić information content (AvgIpc) is 3.01. The Hall–Kier alpha value is -2.20. The van der Waals surface area contributed by atoms with Crippen molar-refractivity contribution >= 4 is 5.91 Å². The van der Waals surface area contributed by atoms with E-state index < -0.39 is 0 Å². The van der Waals surface area contributed by atoms with Crippen LogP contribution in [0.25, 0.3) is 11.1 Å². The van der Waals surface area contributed by atoms with Gasteiger partial charge in [-0.25, -0.2) is 0 Å². The normalized spacial score (nSPS) is 17.9. The van der Waals surface area contributed by atoms with Gasteiger partial charge in [0.25, 0.3) is 5.91 Å². The Balaban J connectivity index is 1.71. The van der Waals surface area contributed by atoms with Crippen LogP contribution in [0, 0.1) is 0 Å². The molecule has 1 amide bonds. The summed E-state index contributed by atoms with van der Waals surface area (Å²) in [7, 11) is 0. The Kier molecular flexibility index (Phi) is 3.74. The third-order valence-corrected chi connectivity index (χ3v) is 3.50. The molecule has 1 atom stereocenters. The zero-order valence-electron chi connectivity index (χ0n) is 11.2. The first kappa shape index (κ1) is 12.8. The minimum absolute atomic E-state index is 0.0988. The molecule has 4 heteroatoms. The van der Waals surface area contributed by atoms with E-state index in [1.165, 1.54) is 0 Å². The summed E-state index contributed by atoms with van der Waals surface area (Å²) in [5.74, 6) is -0.0988. The van der Waals surface area contributed by atoms with Gasteiger partial charge >= 0.3 is 0 Å². The predicted molar refractivity (Wildman–Crippen MR) is 78.4 cm³/mol. The third-order valence-electron chi connectivity index (χ3n) is 3.50. The van der Waals surface area contributed by atoms with Gasteiger partial charge in [-0.15, -0.1) is 0 Å². The topological polar surface area (TPSA) is 54.0 Å². The fourth-order valence-electron chi connectivity index (χ4n) is 2.37. The molecule has 1 fully saturated rings. The molecular weight excluding hydrogens is 250 g/mol. The van der Waals surface area contributed by atoms with Gasteiger partial charge < -0.3 is 10.6 Å². The lowest BCUT2D eigenvalue weighted by molar-refractivity contribution is 0.0935. The smallest absolute Gasteiger partial charge is 0.270 e. The van der Waals surface area contributed by atoms with Crippen LogP contribution in [0.2, 0.25) is 0 Å². The zero-order chi connectivity index (χ0) is 13.8. The summed E-state index contributed by atoms with van der Waals surface area (Å²) >= 11 is 0. The van der Waals surface area contributed by atoms with Crippen LogP contribution < -0.4 is 10.6 Å². The van der Waals surface area contributed by atoms with E-state index in [1.54, 1.807) is 12.3 Å². The Labute approximate surface area is 118 Å². The summed E-state index contributed by atoms with van der Waals surface area (Å²) in [6.45, 7) is 1.80. The largest absolute Gasteiger partial charge is 0.347 e. The molecule has 0 bridgehead atoms. The van der Waals surface area contributed by atoms with E-state index in [9.17, 15) is 4.79 Å². The number of benzene rings is 1. The second kappa shape index (κ2) is 5.84. The highest BCUT2D eigenvalue weighted by molar-refractivity contribution is 5.92. The van der Waals surface area contributed by atoms with Crippen molar-refractivity contribution in [2.45, 2.75) is 12.5 Å². The van der Waals surface area contributed by atoms with E-state index in [4.69, 9.17) is 0 Å². The van der Waals surface area contributed by atoms with Gasteiger partial charge in [-0.2, -0.15) is 0 Å². The molecule has 1 aromatic heterocycles. The van der Waals surface area contributed by atoms with Gasteiger partial charge in [-0.05, 0) is 24.6 Å². The maximum Gasteiger partial charge on any atom is 0.270 e. The van der Waals surface area contributed by atoms with Gasteiger partial charge in [-0.3, -0.25) is 9.78 Å². The van der Waals surface area contributed by atoms with Gasteiger partial charge in [0.1, 0.15) is 5.69 Å². The van der Waals surface area contributed by atoms with Crippen molar-refractivity contribution < 1.29 is 4.79 Å². The zero-order valence-corrected chi connectivity index (χ0v) is 11.2. The number of rotatable bonds is 3. The first-order valence-electron chi connectivity index (χ1n) is 6.86. The van der Waals surface area contributed by atoms with Crippen LogP contribution in [-0.4, -0.2) is 30.0 Å². The Morgan fingerprint density at radius 2 is 2.00 bits per heavy atom. The first-order chi connectivity index (χ1) is 9.83. The molecule has 1 aliphatic rings. The van der Waals surface area contributed by atoms with Crippen LogP contribution in [0.15, 0.2) is 48.7 Å². The van der Waals surface area contributed by atoms with Crippen LogP contribution >= 0.6 is 0 Å². The van der Waals surface area contributed by atoms with E-state index in [-0.39, 0.29) is 11.9 Å². The highest BCUT2D eigenvalue weighted by Gasteiger charge is 2.18. The Morgan fingerprint density at radius 3 is 2.65 bits per heavy atom.